The van der Waals surface area contributed by atoms with Gasteiger partial charge in [0.25, 0.3) is 0 Å². The van der Waals surface area contributed by atoms with Gasteiger partial charge in [0.05, 0.1) is 19.5 Å². The molecule has 87 heavy (non-hydrogen) atoms. The Hall–Kier alpha value is -3.74. The van der Waals surface area contributed by atoms with E-state index in [1.165, 1.54) is 129 Å². The average molecular weight is 1300 g/mol. The second-order valence-electron chi connectivity index (χ2n) is 22.3. The van der Waals surface area contributed by atoms with Crippen molar-refractivity contribution in [1.82, 2.24) is 30.2 Å². The molecule has 0 spiro atoms. The number of aromatic nitrogens is 4. The molecule has 3 rings (SSSR count). The fraction of sp³-hybridized carbons (Fsp3) is 0.695. The number of carbonyl (C=O) groups is 3. The molecule has 1 fully saturated rings. The van der Waals surface area contributed by atoms with Crippen molar-refractivity contribution in [3.05, 3.63) is 73.4 Å². The second kappa shape index (κ2) is 43.9. The van der Waals surface area contributed by atoms with Gasteiger partial charge in [-0.05, 0) is 57.8 Å². The lowest BCUT2D eigenvalue weighted by Gasteiger charge is -2.30. The molecule has 0 bridgehead atoms. The summed E-state index contributed by atoms with van der Waals surface area (Å²) in [5, 5.41) is 26.8. The maximum absolute atomic E-state index is 12.8. The first-order valence-corrected chi connectivity index (χ1v) is 36.4. The lowest BCUT2D eigenvalue weighted by atomic mass is 9.87. The van der Waals surface area contributed by atoms with Crippen molar-refractivity contribution in [3.8, 4) is 0 Å². The maximum Gasteiger partial charge on any atom is 0.481 e. The number of thioether (sulfide) groups is 1. The summed E-state index contributed by atoms with van der Waals surface area (Å²) < 4.78 is 62.7. The van der Waals surface area contributed by atoms with Crippen molar-refractivity contribution in [3.63, 3.8) is 0 Å². The first-order valence-electron chi connectivity index (χ1n) is 30.9. The van der Waals surface area contributed by atoms with E-state index in [1.807, 2.05) is 0 Å². The third-order valence-electron chi connectivity index (χ3n) is 14.2. The SMILES string of the molecule is CCCCCC=CCC=CCC=CCC=CCC=CCCCCCCCCCCCCCCCCCCC(=O)SCCNC(=O)CCNC(=O)C(O)C(C)(C)COP(=O)(O)OP(=O)(O)OCC1OC(n2cnc3c(N)ncnc32)C(O)C1OP(=O)(O)O. The highest BCUT2D eigenvalue weighted by Gasteiger charge is 2.50. The van der Waals surface area contributed by atoms with Gasteiger partial charge in [0, 0.05) is 37.1 Å². The van der Waals surface area contributed by atoms with Crippen LogP contribution in [0.1, 0.15) is 200 Å². The summed E-state index contributed by atoms with van der Waals surface area (Å²) in [6, 6.07) is 0. The summed E-state index contributed by atoms with van der Waals surface area (Å²) >= 11 is 1.16. The highest BCUT2D eigenvalue weighted by Crippen LogP contribution is 2.61. The number of nitrogens with one attached hydrogen (secondary N) is 2. The first-order chi connectivity index (χ1) is 41.6. The summed E-state index contributed by atoms with van der Waals surface area (Å²) in [5.41, 5.74) is 4.30. The number of nitrogen functional groups attached to an aromatic ring is 1. The zero-order chi connectivity index (χ0) is 63.8. The number of fused-ring (bicyclic) bond motifs is 1. The number of hydrogen-bond donors (Lipinski definition) is 9. The molecule has 0 radical (unpaired) electrons. The zero-order valence-corrected chi connectivity index (χ0v) is 54.7. The maximum atomic E-state index is 12.8. The third kappa shape index (κ3) is 34.9. The number of allylic oxidation sites excluding steroid dienone is 10. The Morgan fingerprint density at radius 3 is 1.75 bits per heavy atom. The van der Waals surface area contributed by atoms with Gasteiger partial charge in [0.1, 0.15) is 36.3 Å². The van der Waals surface area contributed by atoms with Gasteiger partial charge in [-0.25, -0.2) is 28.6 Å². The lowest BCUT2D eigenvalue weighted by molar-refractivity contribution is -0.137. The molecule has 494 valence electrons. The van der Waals surface area contributed by atoms with Gasteiger partial charge in [-0.1, -0.05) is 196 Å². The molecule has 2 aromatic rings. The van der Waals surface area contributed by atoms with Crippen LogP contribution >= 0.6 is 35.2 Å². The minimum atomic E-state index is -5.58. The normalized spacial score (nSPS) is 18.7. The quantitative estimate of drug-likeness (QED) is 0.0169. The van der Waals surface area contributed by atoms with Crippen molar-refractivity contribution >= 4 is 69.1 Å². The highest BCUT2D eigenvalue weighted by molar-refractivity contribution is 8.13. The van der Waals surface area contributed by atoms with Gasteiger partial charge in [0.2, 0.25) is 11.8 Å². The average Bonchev–Trinajstić information content (AvgIpc) is 1.70. The molecule has 1 aliphatic heterocycles. The van der Waals surface area contributed by atoms with Gasteiger partial charge in [-0.15, -0.1) is 0 Å². The van der Waals surface area contributed by atoms with E-state index in [0.29, 0.717) is 12.2 Å². The monoisotopic (exact) mass is 1300 g/mol. The predicted octanol–water partition coefficient (Wildman–Crippen LogP) is 11.6. The number of amides is 2. The largest absolute Gasteiger partial charge is 0.481 e. The van der Waals surface area contributed by atoms with Gasteiger partial charge < -0.3 is 50.9 Å². The summed E-state index contributed by atoms with van der Waals surface area (Å²) in [4.78, 5) is 88.9. The molecule has 7 unspecified atom stereocenters. The van der Waals surface area contributed by atoms with Crippen LogP contribution in [0.25, 0.3) is 11.2 Å². The summed E-state index contributed by atoms with van der Waals surface area (Å²) in [5.74, 6) is -1.02. The van der Waals surface area contributed by atoms with E-state index in [1.54, 1.807) is 0 Å². The number of nitrogens with zero attached hydrogens (tertiary/aromatic N) is 4. The number of ether oxygens (including phenoxy) is 1. The number of imidazole rings is 1. The lowest BCUT2D eigenvalue weighted by Crippen LogP contribution is -2.46. The van der Waals surface area contributed by atoms with Crippen molar-refractivity contribution in [1.29, 1.82) is 0 Å². The summed E-state index contributed by atoms with van der Waals surface area (Å²) in [6.07, 6.45) is 46.5. The minimum Gasteiger partial charge on any atom is -0.386 e. The van der Waals surface area contributed by atoms with Crippen molar-refractivity contribution < 1.29 is 80.5 Å². The fourth-order valence-corrected chi connectivity index (χ4v) is 12.8. The second-order valence-corrected chi connectivity index (χ2v) is 27.7. The zero-order valence-electron chi connectivity index (χ0n) is 51.2. The summed E-state index contributed by atoms with van der Waals surface area (Å²) in [6.45, 7) is 2.82. The van der Waals surface area contributed by atoms with Gasteiger partial charge >= 0.3 is 23.5 Å². The number of aliphatic hydroxyl groups is 2. The van der Waals surface area contributed by atoms with Crippen molar-refractivity contribution in [2.24, 2.45) is 5.41 Å². The van der Waals surface area contributed by atoms with Crippen LogP contribution in [0.5, 0.6) is 0 Å². The molecule has 28 heteroatoms. The van der Waals surface area contributed by atoms with Crippen LogP contribution in [0.15, 0.2) is 73.4 Å². The van der Waals surface area contributed by atoms with Crippen LogP contribution in [0.4, 0.5) is 5.82 Å². The van der Waals surface area contributed by atoms with Crippen LogP contribution in [0.3, 0.4) is 0 Å². The molecule has 3 heterocycles. The molecule has 1 saturated heterocycles. The molecule has 0 saturated carbocycles. The van der Waals surface area contributed by atoms with Crippen molar-refractivity contribution in [2.75, 3.05) is 37.8 Å². The third-order valence-corrected chi connectivity index (χ3v) is 18.2. The van der Waals surface area contributed by atoms with E-state index in [4.69, 9.17) is 19.5 Å². The Kier molecular flexibility index (Phi) is 39.1. The van der Waals surface area contributed by atoms with Gasteiger partial charge in [-0.3, -0.25) is 32.5 Å². The summed E-state index contributed by atoms with van der Waals surface area (Å²) in [7, 11) is -16.4. The topological polar surface area (TPSA) is 364 Å². The molecular formula is C59H100N7O17P3S. The standard InChI is InChI=1S/C59H100N7O17P3S/c1-4-5-6-7-8-9-10-11-12-13-14-15-16-17-18-19-20-21-22-23-24-25-26-27-28-29-30-31-32-33-34-35-36-37-38-39-50(68)87-43-42-61-49(67)40-41-62-57(71)54(70)59(2,3)45-80-86(77,78)83-85(75,76)79-44-48-53(82-84(72,73)74)52(69)58(81-48)66-47-65-51-55(60)63-46-64-56(51)66/h8-9,11-12,14-15,17-18,20-21,46-48,52-54,58,69-70H,4-7,10,13,16,19,22-45H2,1-3H3,(H,61,67)(H,62,71)(H,75,76)(H,77,78)(H2,60,63,64)(H2,72,73,74). The molecule has 2 amide bonds. The van der Waals surface area contributed by atoms with E-state index in [-0.39, 0.29) is 41.6 Å². The predicted molar refractivity (Wildman–Crippen MR) is 339 cm³/mol. The number of phosphoric acid groups is 3. The number of unbranched alkanes of at least 4 members (excludes halogenated alkanes) is 19. The highest BCUT2D eigenvalue weighted by atomic mass is 32.2. The number of anilines is 1. The molecular weight excluding hydrogens is 1200 g/mol. The Labute approximate surface area is 518 Å². The van der Waals surface area contributed by atoms with Gasteiger partial charge in [0.15, 0.2) is 22.8 Å². The van der Waals surface area contributed by atoms with Crippen LogP contribution in [0, 0.1) is 5.41 Å². The molecule has 10 N–H and O–H groups in total. The van der Waals surface area contributed by atoms with Crippen LogP contribution in [-0.2, 0) is 50.7 Å². The number of aliphatic hydroxyl groups excluding tert-OH is 2. The van der Waals surface area contributed by atoms with E-state index < -0.39 is 84.6 Å². The van der Waals surface area contributed by atoms with E-state index in [2.05, 4.69) is 102 Å². The molecule has 7 atom stereocenters. The van der Waals surface area contributed by atoms with E-state index in [9.17, 15) is 57.9 Å². The molecule has 2 aromatic heterocycles. The Balaban J connectivity index is 1.12. The minimum absolute atomic E-state index is 0.0334. The Bertz CT molecular complexity index is 2600. The number of hydrogen-bond acceptors (Lipinski definition) is 18. The van der Waals surface area contributed by atoms with Crippen LogP contribution in [0.2, 0.25) is 0 Å². The number of carbonyl (C=O) groups excluding carboxylic acids is 3. The number of nitrogens with two attached hydrogens (primary N) is 1. The van der Waals surface area contributed by atoms with Crippen LogP contribution < -0.4 is 16.4 Å². The Morgan fingerprint density at radius 2 is 1.21 bits per heavy atom. The molecule has 1 aliphatic rings. The van der Waals surface area contributed by atoms with E-state index >= 15 is 0 Å². The van der Waals surface area contributed by atoms with Crippen LogP contribution in [-0.4, -0.2) is 123 Å². The number of phosphoric ester groups is 3. The molecule has 0 aromatic carbocycles. The Morgan fingerprint density at radius 1 is 0.701 bits per heavy atom. The van der Waals surface area contributed by atoms with Gasteiger partial charge in [-0.2, -0.15) is 4.31 Å². The molecule has 0 aliphatic carbocycles. The van der Waals surface area contributed by atoms with E-state index in [0.717, 1.165) is 73.9 Å². The van der Waals surface area contributed by atoms with Crippen molar-refractivity contribution in [2.45, 2.75) is 225 Å². The smallest absolute Gasteiger partial charge is 0.386 e. The fourth-order valence-electron chi connectivity index (χ4n) is 9.21. The number of rotatable bonds is 50. The molecule has 24 nitrogen and oxygen atoms in total. The first kappa shape index (κ1) is 77.5.